The third kappa shape index (κ3) is 2.64. The molecule has 1 heterocycles. The van der Waals surface area contributed by atoms with Crippen LogP contribution in [0.25, 0.3) is 0 Å². The lowest BCUT2D eigenvalue weighted by Gasteiger charge is -2.39. The molecular weight excluding hydrogens is 323 g/mol. The third-order valence-corrected chi connectivity index (χ3v) is 5.41. The SMILES string of the molecule is Cc1cc(C)c2c(c1)[C@@H]1C=CC[C@H]1[C@H](c1ccccc1C(F)(F)F)N2. The maximum atomic E-state index is 13.5. The van der Waals surface area contributed by atoms with Crippen molar-refractivity contribution in [2.45, 2.75) is 38.4 Å². The van der Waals surface area contributed by atoms with E-state index in [1.54, 1.807) is 12.1 Å². The molecule has 2 aromatic rings. The van der Waals surface area contributed by atoms with Gasteiger partial charge in [-0.3, -0.25) is 0 Å². The second-order valence-corrected chi connectivity index (χ2v) is 7.11. The Morgan fingerprint density at radius 2 is 1.80 bits per heavy atom. The van der Waals surface area contributed by atoms with Crippen LogP contribution in [0, 0.1) is 19.8 Å². The van der Waals surface area contributed by atoms with E-state index in [9.17, 15) is 13.2 Å². The Bertz CT molecular complexity index is 851. The van der Waals surface area contributed by atoms with Gasteiger partial charge in [0.2, 0.25) is 0 Å². The van der Waals surface area contributed by atoms with Crippen molar-refractivity contribution in [2.75, 3.05) is 5.32 Å². The van der Waals surface area contributed by atoms with E-state index in [0.29, 0.717) is 5.56 Å². The molecule has 2 aliphatic rings. The van der Waals surface area contributed by atoms with Crippen molar-refractivity contribution < 1.29 is 13.2 Å². The average molecular weight is 343 g/mol. The molecule has 0 saturated carbocycles. The molecule has 4 heteroatoms. The molecule has 1 aliphatic heterocycles. The Hall–Kier alpha value is -2.23. The second kappa shape index (κ2) is 5.65. The van der Waals surface area contributed by atoms with Crippen LogP contribution in [0.2, 0.25) is 0 Å². The highest BCUT2D eigenvalue weighted by Crippen LogP contribution is 2.52. The van der Waals surface area contributed by atoms with E-state index in [0.717, 1.165) is 17.7 Å². The molecule has 2 aromatic carbocycles. The Labute approximate surface area is 145 Å². The Morgan fingerprint density at radius 1 is 1.04 bits per heavy atom. The lowest BCUT2D eigenvalue weighted by Crippen LogP contribution is -2.31. The minimum absolute atomic E-state index is 0.109. The van der Waals surface area contributed by atoms with E-state index in [2.05, 4.69) is 36.5 Å². The first-order valence-electron chi connectivity index (χ1n) is 8.56. The molecule has 3 atom stereocenters. The van der Waals surface area contributed by atoms with Crippen LogP contribution in [-0.4, -0.2) is 0 Å². The van der Waals surface area contributed by atoms with Crippen molar-refractivity contribution in [3.63, 3.8) is 0 Å². The van der Waals surface area contributed by atoms with Gasteiger partial charge >= 0.3 is 6.18 Å². The van der Waals surface area contributed by atoms with Crippen molar-refractivity contribution in [2.24, 2.45) is 5.92 Å². The van der Waals surface area contributed by atoms with Crippen LogP contribution >= 0.6 is 0 Å². The number of hydrogen-bond donors (Lipinski definition) is 1. The third-order valence-electron chi connectivity index (χ3n) is 5.41. The minimum Gasteiger partial charge on any atom is -0.377 e. The van der Waals surface area contributed by atoms with E-state index in [-0.39, 0.29) is 17.9 Å². The summed E-state index contributed by atoms with van der Waals surface area (Å²) in [5.41, 5.74) is 4.28. The lowest BCUT2D eigenvalue weighted by molar-refractivity contribution is -0.138. The summed E-state index contributed by atoms with van der Waals surface area (Å²) in [5.74, 6) is 0.276. The molecule has 0 saturated heterocycles. The fourth-order valence-electron chi connectivity index (χ4n) is 4.41. The van der Waals surface area contributed by atoms with Gasteiger partial charge in [-0.1, -0.05) is 48.0 Å². The largest absolute Gasteiger partial charge is 0.416 e. The molecule has 130 valence electrons. The summed E-state index contributed by atoms with van der Waals surface area (Å²) in [6, 6.07) is 9.86. The van der Waals surface area contributed by atoms with Crippen molar-refractivity contribution >= 4 is 5.69 Å². The van der Waals surface area contributed by atoms with Crippen LogP contribution in [0.3, 0.4) is 0 Å². The molecule has 1 nitrogen and oxygen atoms in total. The average Bonchev–Trinajstić information content (AvgIpc) is 3.03. The summed E-state index contributed by atoms with van der Waals surface area (Å²) in [6.07, 6.45) is 0.711. The fourth-order valence-corrected chi connectivity index (χ4v) is 4.41. The summed E-state index contributed by atoms with van der Waals surface area (Å²) in [6.45, 7) is 4.08. The zero-order valence-electron chi connectivity index (χ0n) is 14.2. The van der Waals surface area contributed by atoms with E-state index in [1.165, 1.54) is 23.3 Å². The molecule has 1 aliphatic carbocycles. The summed E-state index contributed by atoms with van der Waals surface area (Å²) < 4.78 is 40.6. The number of benzene rings is 2. The Morgan fingerprint density at radius 3 is 2.56 bits per heavy atom. The molecule has 0 amide bonds. The first-order valence-corrected chi connectivity index (χ1v) is 8.56. The fraction of sp³-hybridized carbons (Fsp3) is 0.333. The standard InChI is InChI=1S/C21H20F3N/c1-12-10-13(2)19-17(11-12)14-7-5-8-15(14)20(25-19)16-6-3-4-9-18(16)21(22,23)24/h3-7,9-11,14-15,20,25H,8H2,1-2H3/t14-,15-,20-/m1/s1. The Kier molecular flexibility index (Phi) is 3.67. The van der Waals surface area contributed by atoms with Crippen LogP contribution in [0.5, 0.6) is 0 Å². The number of fused-ring (bicyclic) bond motifs is 3. The molecule has 25 heavy (non-hydrogen) atoms. The highest BCUT2D eigenvalue weighted by molar-refractivity contribution is 5.65. The number of alkyl halides is 3. The summed E-state index contributed by atoms with van der Waals surface area (Å²) in [4.78, 5) is 0. The number of allylic oxidation sites excluding steroid dienone is 2. The smallest absolute Gasteiger partial charge is 0.377 e. The van der Waals surface area contributed by atoms with Gasteiger partial charge in [-0.05, 0) is 48.9 Å². The van der Waals surface area contributed by atoms with Crippen LogP contribution in [0.4, 0.5) is 18.9 Å². The van der Waals surface area contributed by atoms with Crippen molar-refractivity contribution in [1.82, 2.24) is 0 Å². The van der Waals surface area contributed by atoms with Crippen molar-refractivity contribution in [3.8, 4) is 0 Å². The van der Waals surface area contributed by atoms with Gasteiger partial charge in [0, 0.05) is 11.6 Å². The van der Waals surface area contributed by atoms with Gasteiger partial charge in [-0.25, -0.2) is 0 Å². The van der Waals surface area contributed by atoms with E-state index < -0.39 is 11.7 Å². The monoisotopic (exact) mass is 343 g/mol. The van der Waals surface area contributed by atoms with E-state index >= 15 is 0 Å². The van der Waals surface area contributed by atoms with Crippen molar-refractivity contribution in [1.29, 1.82) is 0 Å². The zero-order valence-corrected chi connectivity index (χ0v) is 14.2. The van der Waals surface area contributed by atoms with Crippen LogP contribution in [0.1, 0.15) is 46.2 Å². The number of aryl methyl sites for hydroxylation is 2. The zero-order chi connectivity index (χ0) is 17.8. The Balaban J connectivity index is 1.86. The van der Waals surface area contributed by atoms with Gasteiger partial charge in [-0.15, -0.1) is 0 Å². The van der Waals surface area contributed by atoms with Gasteiger partial charge < -0.3 is 5.32 Å². The highest BCUT2D eigenvalue weighted by Gasteiger charge is 2.42. The number of nitrogens with one attached hydrogen (secondary N) is 1. The van der Waals surface area contributed by atoms with Gasteiger partial charge in [-0.2, -0.15) is 13.2 Å². The van der Waals surface area contributed by atoms with Crippen LogP contribution in [-0.2, 0) is 6.18 Å². The normalized spacial score (nSPS) is 24.6. The van der Waals surface area contributed by atoms with Gasteiger partial charge in [0.1, 0.15) is 0 Å². The van der Waals surface area contributed by atoms with Crippen LogP contribution in [0.15, 0.2) is 48.6 Å². The molecule has 0 bridgehead atoms. The lowest BCUT2D eigenvalue weighted by atomic mass is 9.75. The maximum absolute atomic E-state index is 13.5. The van der Waals surface area contributed by atoms with Gasteiger partial charge in [0.25, 0.3) is 0 Å². The van der Waals surface area contributed by atoms with E-state index in [1.807, 2.05) is 6.92 Å². The quantitative estimate of drug-likeness (QED) is 0.613. The number of anilines is 1. The summed E-state index contributed by atoms with van der Waals surface area (Å²) in [7, 11) is 0. The number of hydrogen-bond acceptors (Lipinski definition) is 1. The number of rotatable bonds is 1. The molecular formula is C21H20F3N. The van der Waals surface area contributed by atoms with Crippen LogP contribution < -0.4 is 5.32 Å². The first-order chi connectivity index (χ1) is 11.9. The molecule has 0 unspecified atom stereocenters. The predicted octanol–water partition coefficient (Wildman–Crippen LogP) is 6.15. The molecule has 0 radical (unpaired) electrons. The van der Waals surface area contributed by atoms with E-state index in [4.69, 9.17) is 0 Å². The van der Waals surface area contributed by atoms with Gasteiger partial charge in [0.05, 0.1) is 11.6 Å². The van der Waals surface area contributed by atoms with Gasteiger partial charge in [0.15, 0.2) is 0 Å². The molecule has 1 N–H and O–H groups in total. The van der Waals surface area contributed by atoms with Crippen molar-refractivity contribution in [3.05, 3.63) is 76.4 Å². The predicted molar refractivity (Wildman–Crippen MR) is 93.7 cm³/mol. The molecule has 0 spiro atoms. The highest BCUT2D eigenvalue weighted by atomic mass is 19.4. The second-order valence-electron chi connectivity index (χ2n) is 7.11. The summed E-state index contributed by atoms with van der Waals surface area (Å²) in [5, 5.41) is 3.45. The number of halogens is 3. The molecule has 0 aromatic heterocycles. The first kappa shape index (κ1) is 16.2. The minimum atomic E-state index is -4.34. The molecule has 4 rings (SSSR count). The topological polar surface area (TPSA) is 12.0 Å². The summed E-state index contributed by atoms with van der Waals surface area (Å²) >= 11 is 0. The molecule has 0 fully saturated rings. The maximum Gasteiger partial charge on any atom is 0.416 e.